The molecule has 1 N–H and O–H groups in total. The number of benzene rings is 3. The number of rotatable bonds is 12. The van der Waals surface area contributed by atoms with Gasteiger partial charge in [-0.25, -0.2) is 0 Å². The molecular weight excluding hydrogens is 499 g/mol. The molecule has 0 bridgehead atoms. The molecule has 0 aliphatic heterocycles. The molecule has 2 amide bonds. The minimum Gasteiger partial charge on any atom is -0.355 e. The Morgan fingerprint density at radius 3 is 2.09 bits per heavy atom. The van der Waals surface area contributed by atoms with Gasteiger partial charge in [0.05, 0.1) is 0 Å². The molecule has 4 nitrogen and oxygen atoms in total. The molecule has 0 unspecified atom stereocenters. The fourth-order valence-corrected chi connectivity index (χ4v) is 5.18. The van der Waals surface area contributed by atoms with Crippen LogP contribution >= 0.6 is 35.0 Å². The Morgan fingerprint density at radius 1 is 0.886 bits per heavy atom. The molecular formula is C28H30Cl2N2O2S. The van der Waals surface area contributed by atoms with Crippen molar-refractivity contribution in [2.24, 2.45) is 0 Å². The zero-order valence-electron chi connectivity index (χ0n) is 19.8. The smallest absolute Gasteiger partial charge is 0.243 e. The second kappa shape index (κ2) is 14.2. The van der Waals surface area contributed by atoms with Gasteiger partial charge < -0.3 is 10.2 Å². The van der Waals surface area contributed by atoms with Crippen molar-refractivity contribution in [3.63, 3.8) is 0 Å². The van der Waals surface area contributed by atoms with Crippen LogP contribution in [-0.4, -0.2) is 35.1 Å². The van der Waals surface area contributed by atoms with Gasteiger partial charge in [0, 0.05) is 53.0 Å². The molecule has 0 aliphatic carbocycles. The molecule has 35 heavy (non-hydrogen) atoms. The van der Waals surface area contributed by atoms with Crippen LogP contribution in [0.15, 0.2) is 78.9 Å². The van der Waals surface area contributed by atoms with Gasteiger partial charge >= 0.3 is 0 Å². The highest BCUT2D eigenvalue weighted by Crippen LogP contribution is 2.28. The van der Waals surface area contributed by atoms with E-state index in [9.17, 15) is 9.59 Å². The molecule has 3 aromatic carbocycles. The first-order valence-electron chi connectivity index (χ1n) is 11.6. The predicted molar refractivity (Wildman–Crippen MR) is 147 cm³/mol. The minimum atomic E-state index is -0.684. The molecule has 0 spiro atoms. The first kappa shape index (κ1) is 27.1. The number of amides is 2. The van der Waals surface area contributed by atoms with E-state index in [1.807, 2.05) is 55.5 Å². The summed E-state index contributed by atoms with van der Waals surface area (Å²) < 4.78 is 0. The van der Waals surface area contributed by atoms with Gasteiger partial charge in [0.15, 0.2) is 0 Å². The van der Waals surface area contributed by atoms with E-state index in [-0.39, 0.29) is 18.4 Å². The number of nitrogens with zero attached hydrogens (tertiary/aromatic N) is 1. The maximum atomic E-state index is 13.6. The molecule has 7 heteroatoms. The number of nitrogens with one attached hydrogen (secondary N) is 1. The van der Waals surface area contributed by atoms with Gasteiger partial charge in [-0.2, -0.15) is 11.8 Å². The van der Waals surface area contributed by atoms with E-state index in [1.165, 1.54) is 5.56 Å². The zero-order valence-corrected chi connectivity index (χ0v) is 22.1. The van der Waals surface area contributed by atoms with Crippen LogP contribution in [0.5, 0.6) is 0 Å². The summed E-state index contributed by atoms with van der Waals surface area (Å²) in [5.74, 6) is 1.18. The van der Waals surface area contributed by atoms with Gasteiger partial charge in [0.2, 0.25) is 11.8 Å². The average molecular weight is 530 g/mol. The van der Waals surface area contributed by atoms with Crippen LogP contribution in [0.3, 0.4) is 0 Å². The molecule has 1 atom stereocenters. The summed E-state index contributed by atoms with van der Waals surface area (Å²) >= 11 is 14.6. The van der Waals surface area contributed by atoms with Crippen LogP contribution in [0.1, 0.15) is 30.0 Å². The van der Waals surface area contributed by atoms with Crippen molar-refractivity contribution in [1.29, 1.82) is 0 Å². The topological polar surface area (TPSA) is 49.4 Å². The van der Waals surface area contributed by atoms with E-state index in [0.717, 1.165) is 11.3 Å². The molecule has 0 fully saturated rings. The molecule has 3 rings (SSSR count). The summed E-state index contributed by atoms with van der Waals surface area (Å²) in [6.07, 6.45) is 0.710. The van der Waals surface area contributed by atoms with Gasteiger partial charge in [-0.15, -0.1) is 0 Å². The van der Waals surface area contributed by atoms with E-state index in [4.69, 9.17) is 23.2 Å². The molecule has 184 valence electrons. The first-order chi connectivity index (χ1) is 17.0. The van der Waals surface area contributed by atoms with Crippen molar-refractivity contribution in [1.82, 2.24) is 10.2 Å². The van der Waals surface area contributed by atoms with Crippen LogP contribution in [0.2, 0.25) is 10.0 Å². The quantitative estimate of drug-likeness (QED) is 0.277. The summed E-state index contributed by atoms with van der Waals surface area (Å²) in [6, 6.07) is 24.5. The summed E-state index contributed by atoms with van der Waals surface area (Å²) in [7, 11) is 0. The fraction of sp³-hybridized carbons (Fsp3) is 0.286. The molecule has 0 radical (unpaired) electrons. The fourth-order valence-electron chi connectivity index (χ4n) is 3.77. The number of hydrogen-bond donors (Lipinski definition) is 1. The highest BCUT2D eigenvalue weighted by atomic mass is 35.5. The summed E-state index contributed by atoms with van der Waals surface area (Å²) in [6.45, 7) is 2.51. The van der Waals surface area contributed by atoms with Gasteiger partial charge in [0.1, 0.15) is 6.04 Å². The summed E-state index contributed by atoms with van der Waals surface area (Å²) in [4.78, 5) is 28.4. The van der Waals surface area contributed by atoms with Gasteiger partial charge in [-0.05, 0) is 30.2 Å². The van der Waals surface area contributed by atoms with E-state index in [1.54, 1.807) is 34.9 Å². The van der Waals surface area contributed by atoms with Crippen LogP contribution < -0.4 is 5.32 Å². The Bertz CT molecular complexity index is 1080. The third-order valence-electron chi connectivity index (χ3n) is 5.58. The Morgan fingerprint density at radius 2 is 1.49 bits per heavy atom. The van der Waals surface area contributed by atoms with Crippen molar-refractivity contribution in [3.05, 3.63) is 106 Å². The Hall–Kier alpha value is -2.47. The van der Waals surface area contributed by atoms with Crippen molar-refractivity contribution >= 4 is 46.8 Å². The number of likely N-dealkylation sites (N-methyl/N-ethyl adjacent to an activating group) is 1. The van der Waals surface area contributed by atoms with Crippen LogP contribution in [0.4, 0.5) is 0 Å². The van der Waals surface area contributed by atoms with Gasteiger partial charge in [-0.3, -0.25) is 9.59 Å². The highest BCUT2D eigenvalue weighted by molar-refractivity contribution is 7.98. The standard InChI is InChI=1S/C28H30Cl2N2O2S/c1-2-31-28(34)26(18-21-10-5-3-6-11-21)32(19-23-24(29)14-9-15-25(23)30)27(33)16-17-35-20-22-12-7-4-8-13-22/h3-15,26H,2,16-20H2,1H3,(H,31,34)/t26-/m1/s1. The number of thioether (sulfide) groups is 1. The summed E-state index contributed by atoms with van der Waals surface area (Å²) in [5, 5.41) is 3.85. The van der Waals surface area contributed by atoms with Gasteiger partial charge in [-0.1, -0.05) is 89.9 Å². The third kappa shape index (κ3) is 8.31. The molecule has 0 saturated carbocycles. The van der Waals surface area contributed by atoms with Crippen LogP contribution in [0, 0.1) is 0 Å². The number of halogens is 2. The van der Waals surface area contributed by atoms with Crippen molar-refractivity contribution in [2.45, 2.75) is 38.1 Å². The number of hydrogen-bond acceptors (Lipinski definition) is 3. The normalized spacial score (nSPS) is 11.6. The molecule has 0 aliphatic rings. The van der Waals surface area contributed by atoms with Crippen molar-refractivity contribution in [3.8, 4) is 0 Å². The van der Waals surface area contributed by atoms with Crippen molar-refractivity contribution in [2.75, 3.05) is 12.3 Å². The maximum absolute atomic E-state index is 13.6. The monoisotopic (exact) mass is 528 g/mol. The lowest BCUT2D eigenvalue weighted by Gasteiger charge is -2.32. The number of carbonyl (C=O) groups is 2. The van der Waals surface area contributed by atoms with Crippen molar-refractivity contribution < 1.29 is 9.59 Å². The SMILES string of the molecule is CCNC(=O)[C@@H](Cc1ccccc1)N(Cc1c(Cl)cccc1Cl)C(=O)CCSCc1ccccc1. The van der Waals surface area contributed by atoms with E-state index in [0.29, 0.717) is 40.7 Å². The van der Waals surface area contributed by atoms with Crippen LogP contribution in [0.25, 0.3) is 0 Å². The lowest BCUT2D eigenvalue weighted by atomic mass is 10.0. The molecule has 0 heterocycles. The Labute approximate surface area is 222 Å². The largest absolute Gasteiger partial charge is 0.355 e. The predicted octanol–water partition coefficient (Wildman–Crippen LogP) is 6.39. The van der Waals surface area contributed by atoms with E-state index >= 15 is 0 Å². The molecule has 0 saturated heterocycles. The second-order valence-electron chi connectivity index (χ2n) is 8.11. The van der Waals surface area contributed by atoms with E-state index < -0.39 is 6.04 Å². The lowest BCUT2D eigenvalue weighted by molar-refractivity contribution is -0.140. The minimum absolute atomic E-state index is 0.103. The zero-order chi connectivity index (χ0) is 25.0. The first-order valence-corrected chi connectivity index (χ1v) is 13.6. The Kier molecular flexibility index (Phi) is 11.0. The second-order valence-corrected chi connectivity index (χ2v) is 10.0. The molecule has 0 aromatic heterocycles. The van der Waals surface area contributed by atoms with E-state index in [2.05, 4.69) is 17.4 Å². The maximum Gasteiger partial charge on any atom is 0.243 e. The van der Waals surface area contributed by atoms with Gasteiger partial charge in [0.25, 0.3) is 0 Å². The third-order valence-corrected chi connectivity index (χ3v) is 7.32. The average Bonchev–Trinajstić information content (AvgIpc) is 2.87. The van der Waals surface area contributed by atoms with Crippen LogP contribution in [-0.2, 0) is 28.3 Å². The number of carbonyl (C=O) groups excluding carboxylic acids is 2. The highest BCUT2D eigenvalue weighted by Gasteiger charge is 2.30. The Balaban J connectivity index is 1.82. The molecule has 3 aromatic rings. The summed E-state index contributed by atoms with van der Waals surface area (Å²) in [5.41, 5.74) is 2.84. The lowest BCUT2D eigenvalue weighted by Crippen LogP contribution is -2.50.